The molecule has 0 atom stereocenters. The standard InChI is InChI=1S/C21H21FN4O/c1-25-10-11-26(19-6-3-17(22)4-7-19)21-9-2-15(12-16(21)13-25)20-8-5-18(14-27)23-24-20/h2-9,12,27H,10-11,13-14H2,1H3. The highest BCUT2D eigenvalue weighted by molar-refractivity contribution is 5.72. The van der Waals surface area contributed by atoms with Crippen LogP contribution in [-0.2, 0) is 13.2 Å². The predicted octanol–water partition coefficient (Wildman–Crippen LogP) is 3.36. The second-order valence-electron chi connectivity index (χ2n) is 6.78. The highest BCUT2D eigenvalue weighted by Crippen LogP contribution is 2.34. The van der Waals surface area contributed by atoms with Gasteiger partial charge in [0, 0.05) is 36.6 Å². The molecule has 2 aromatic carbocycles. The Morgan fingerprint density at radius 1 is 1.00 bits per heavy atom. The van der Waals surface area contributed by atoms with Crippen LogP contribution >= 0.6 is 0 Å². The lowest BCUT2D eigenvalue weighted by Gasteiger charge is -2.25. The summed E-state index contributed by atoms with van der Waals surface area (Å²) in [6, 6.07) is 16.5. The van der Waals surface area contributed by atoms with Crippen molar-refractivity contribution in [3.63, 3.8) is 0 Å². The van der Waals surface area contributed by atoms with Crippen LogP contribution < -0.4 is 4.90 Å². The second-order valence-corrected chi connectivity index (χ2v) is 6.78. The Hall–Kier alpha value is -2.83. The van der Waals surface area contributed by atoms with E-state index in [2.05, 4.69) is 39.2 Å². The van der Waals surface area contributed by atoms with Gasteiger partial charge in [-0.3, -0.25) is 0 Å². The first-order chi connectivity index (χ1) is 13.1. The molecule has 0 unspecified atom stereocenters. The minimum atomic E-state index is -0.230. The van der Waals surface area contributed by atoms with Gasteiger partial charge in [0.2, 0.25) is 0 Å². The zero-order chi connectivity index (χ0) is 18.8. The van der Waals surface area contributed by atoms with Crippen LogP contribution in [0.4, 0.5) is 15.8 Å². The van der Waals surface area contributed by atoms with Crippen LogP contribution in [-0.4, -0.2) is 40.3 Å². The summed E-state index contributed by atoms with van der Waals surface area (Å²) in [5, 5.41) is 17.4. The molecule has 138 valence electrons. The zero-order valence-electron chi connectivity index (χ0n) is 15.1. The smallest absolute Gasteiger partial charge is 0.123 e. The van der Waals surface area contributed by atoms with Crippen molar-refractivity contribution < 1.29 is 9.50 Å². The molecule has 0 fully saturated rings. The fourth-order valence-corrected chi connectivity index (χ4v) is 3.38. The molecule has 0 saturated heterocycles. The van der Waals surface area contributed by atoms with Gasteiger partial charge >= 0.3 is 0 Å². The molecule has 1 aromatic heterocycles. The summed E-state index contributed by atoms with van der Waals surface area (Å²) >= 11 is 0. The Balaban J connectivity index is 1.73. The normalized spacial score (nSPS) is 14.7. The summed E-state index contributed by atoms with van der Waals surface area (Å²) in [7, 11) is 2.10. The molecule has 5 nitrogen and oxygen atoms in total. The molecule has 6 heteroatoms. The Kier molecular flexibility index (Phi) is 4.83. The van der Waals surface area contributed by atoms with Crippen molar-refractivity contribution in [1.29, 1.82) is 0 Å². The zero-order valence-corrected chi connectivity index (χ0v) is 15.1. The Morgan fingerprint density at radius 2 is 1.81 bits per heavy atom. The van der Waals surface area contributed by atoms with Gasteiger partial charge in [0.05, 0.1) is 18.0 Å². The monoisotopic (exact) mass is 364 g/mol. The van der Waals surface area contributed by atoms with Crippen molar-refractivity contribution in [2.75, 3.05) is 25.0 Å². The van der Waals surface area contributed by atoms with E-state index in [1.807, 2.05) is 24.3 Å². The minimum absolute atomic E-state index is 0.116. The van der Waals surface area contributed by atoms with Gasteiger partial charge in [0.25, 0.3) is 0 Å². The van der Waals surface area contributed by atoms with Crippen LogP contribution in [0.25, 0.3) is 11.3 Å². The number of aromatic nitrogens is 2. The van der Waals surface area contributed by atoms with Gasteiger partial charge < -0.3 is 14.9 Å². The van der Waals surface area contributed by atoms with Crippen LogP contribution in [0.15, 0.2) is 54.6 Å². The van der Waals surface area contributed by atoms with Crippen molar-refractivity contribution >= 4 is 11.4 Å². The lowest BCUT2D eigenvalue weighted by Crippen LogP contribution is -2.26. The molecule has 0 amide bonds. The highest BCUT2D eigenvalue weighted by Gasteiger charge is 2.20. The van der Waals surface area contributed by atoms with E-state index in [1.165, 1.54) is 17.7 Å². The average molecular weight is 364 g/mol. The fraction of sp³-hybridized carbons (Fsp3) is 0.238. The molecular formula is C21H21FN4O. The number of aliphatic hydroxyl groups is 1. The third kappa shape index (κ3) is 3.67. The number of nitrogens with zero attached hydrogens (tertiary/aromatic N) is 4. The number of halogens is 1. The van der Waals surface area contributed by atoms with Crippen molar-refractivity contribution in [3.8, 4) is 11.3 Å². The quantitative estimate of drug-likeness (QED) is 0.772. The SMILES string of the molecule is CN1CCN(c2ccc(F)cc2)c2ccc(-c3ccc(CO)nn3)cc2C1. The number of benzene rings is 2. The van der Waals surface area contributed by atoms with Crippen molar-refractivity contribution in [1.82, 2.24) is 15.1 Å². The number of hydrogen-bond donors (Lipinski definition) is 1. The Bertz CT molecular complexity index is 928. The maximum absolute atomic E-state index is 13.3. The highest BCUT2D eigenvalue weighted by atomic mass is 19.1. The first-order valence-electron chi connectivity index (χ1n) is 8.92. The summed E-state index contributed by atoms with van der Waals surface area (Å²) in [4.78, 5) is 4.50. The lowest BCUT2D eigenvalue weighted by atomic mass is 10.0. The number of aliphatic hydroxyl groups excluding tert-OH is 1. The third-order valence-corrected chi connectivity index (χ3v) is 4.83. The molecule has 0 radical (unpaired) electrons. The fourth-order valence-electron chi connectivity index (χ4n) is 3.38. The number of likely N-dealkylation sites (N-methyl/N-ethyl adjacent to an activating group) is 1. The first-order valence-corrected chi connectivity index (χ1v) is 8.92. The molecule has 1 aliphatic heterocycles. The molecule has 0 bridgehead atoms. The summed E-state index contributed by atoms with van der Waals surface area (Å²) in [5.41, 5.74) is 5.60. The van der Waals surface area contributed by atoms with E-state index in [0.29, 0.717) is 5.69 Å². The minimum Gasteiger partial charge on any atom is -0.390 e. The number of anilines is 2. The second kappa shape index (κ2) is 7.42. The molecule has 27 heavy (non-hydrogen) atoms. The van der Waals surface area contributed by atoms with Gasteiger partial charge in [-0.05, 0) is 61.1 Å². The summed E-state index contributed by atoms with van der Waals surface area (Å²) < 4.78 is 13.3. The molecule has 2 heterocycles. The van der Waals surface area contributed by atoms with E-state index in [-0.39, 0.29) is 12.4 Å². The van der Waals surface area contributed by atoms with Crippen molar-refractivity contribution in [2.24, 2.45) is 0 Å². The van der Waals surface area contributed by atoms with Crippen LogP contribution in [0.2, 0.25) is 0 Å². The molecule has 0 aliphatic carbocycles. The van der Waals surface area contributed by atoms with Gasteiger partial charge in [0.1, 0.15) is 5.82 Å². The van der Waals surface area contributed by atoms with E-state index in [0.717, 1.165) is 42.3 Å². The van der Waals surface area contributed by atoms with E-state index in [1.54, 1.807) is 6.07 Å². The van der Waals surface area contributed by atoms with Crippen molar-refractivity contribution in [3.05, 3.63) is 71.7 Å². The van der Waals surface area contributed by atoms with E-state index >= 15 is 0 Å². The van der Waals surface area contributed by atoms with E-state index in [4.69, 9.17) is 5.11 Å². The van der Waals surface area contributed by atoms with Gasteiger partial charge in [-0.2, -0.15) is 10.2 Å². The maximum atomic E-state index is 13.3. The van der Waals surface area contributed by atoms with E-state index < -0.39 is 0 Å². The first kappa shape index (κ1) is 17.6. The molecule has 3 aromatic rings. The van der Waals surface area contributed by atoms with Gasteiger partial charge in [-0.1, -0.05) is 6.07 Å². The molecule has 0 saturated carbocycles. The summed E-state index contributed by atoms with van der Waals surface area (Å²) in [6.45, 7) is 2.45. The van der Waals surface area contributed by atoms with Crippen LogP contribution in [0.1, 0.15) is 11.3 Å². The molecule has 1 N–H and O–H groups in total. The largest absolute Gasteiger partial charge is 0.390 e. The maximum Gasteiger partial charge on any atom is 0.123 e. The number of fused-ring (bicyclic) bond motifs is 1. The molecule has 1 aliphatic rings. The summed E-state index contributed by atoms with van der Waals surface area (Å²) in [6.07, 6.45) is 0. The van der Waals surface area contributed by atoms with Gasteiger partial charge in [-0.25, -0.2) is 4.39 Å². The number of rotatable bonds is 3. The predicted molar refractivity (Wildman–Crippen MR) is 103 cm³/mol. The molecular weight excluding hydrogens is 343 g/mol. The van der Waals surface area contributed by atoms with Crippen molar-refractivity contribution in [2.45, 2.75) is 13.2 Å². The summed E-state index contributed by atoms with van der Waals surface area (Å²) in [5.74, 6) is -0.230. The molecule has 4 rings (SSSR count). The Morgan fingerprint density at radius 3 is 2.52 bits per heavy atom. The van der Waals surface area contributed by atoms with Gasteiger partial charge in [-0.15, -0.1) is 0 Å². The number of hydrogen-bond acceptors (Lipinski definition) is 5. The van der Waals surface area contributed by atoms with Crippen LogP contribution in [0, 0.1) is 5.82 Å². The Labute approximate surface area is 157 Å². The third-order valence-electron chi connectivity index (χ3n) is 4.83. The molecule has 0 spiro atoms. The van der Waals surface area contributed by atoms with E-state index in [9.17, 15) is 4.39 Å². The topological polar surface area (TPSA) is 52.5 Å². The van der Waals surface area contributed by atoms with Crippen LogP contribution in [0.5, 0.6) is 0 Å². The average Bonchev–Trinajstić information content (AvgIpc) is 2.86. The van der Waals surface area contributed by atoms with Gasteiger partial charge in [0.15, 0.2) is 0 Å². The lowest BCUT2D eigenvalue weighted by molar-refractivity contribution is 0.275. The van der Waals surface area contributed by atoms with Crippen LogP contribution in [0.3, 0.4) is 0 Å².